The van der Waals surface area contributed by atoms with Crippen molar-refractivity contribution >= 4 is 17.0 Å². The van der Waals surface area contributed by atoms with Gasteiger partial charge in [0, 0.05) is 31.5 Å². The molecule has 0 aliphatic carbocycles. The Kier molecular flexibility index (Phi) is 4.06. The minimum absolute atomic E-state index is 0.572. The van der Waals surface area contributed by atoms with E-state index in [0.29, 0.717) is 6.04 Å². The summed E-state index contributed by atoms with van der Waals surface area (Å²) in [5, 5.41) is 3.61. The Morgan fingerprint density at radius 3 is 3.10 bits per heavy atom. The molecule has 5 nitrogen and oxygen atoms in total. The fraction of sp³-hybridized carbons (Fsp3) is 0.533. The van der Waals surface area contributed by atoms with Crippen molar-refractivity contribution in [1.29, 1.82) is 0 Å². The summed E-state index contributed by atoms with van der Waals surface area (Å²) < 4.78 is 0. The third kappa shape index (κ3) is 2.88. The van der Waals surface area contributed by atoms with Crippen molar-refractivity contribution in [2.45, 2.75) is 32.2 Å². The lowest BCUT2D eigenvalue weighted by atomic mass is 10.1. The molecule has 0 radical (unpaired) electrons. The van der Waals surface area contributed by atoms with Gasteiger partial charge in [-0.2, -0.15) is 0 Å². The van der Waals surface area contributed by atoms with Crippen LogP contribution in [0.25, 0.3) is 11.2 Å². The van der Waals surface area contributed by atoms with Gasteiger partial charge in [-0.05, 0) is 37.9 Å². The van der Waals surface area contributed by atoms with Crippen molar-refractivity contribution in [1.82, 2.24) is 20.3 Å². The minimum Gasteiger partial charge on any atom is -0.355 e. The second-order valence-electron chi connectivity index (χ2n) is 5.31. The number of nitrogens with zero attached hydrogens (tertiary/aromatic N) is 4. The van der Waals surface area contributed by atoms with Crippen LogP contribution in [0.2, 0.25) is 0 Å². The van der Waals surface area contributed by atoms with Gasteiger partial charge in [-0.3, -0.25) is 4.98 Å². The summed E-state index contributed by atoms with van der Waals surface area (Å²) in [5.41, 5.74) is 1.59. The number of aromatic nitrogens is 3. The highest BCUT2D eigenvalue weighted by Crippen LogP contribution is 2.19. The second-order valence-corrected chi connectivity index (χ2v) is 5.31. The first-order chi connectivity index (χ1) is 9.86. The minimum atomic E-state index is 0.572. The van der Waals surface area contributed by atoms with Crippen LogP contribution in [0.4, 0.5) is 5.82 Å². The van der Waals surface area contributed by atoms with Crippen molar-refractivity contribution in [2.75, 3.05) is 24.5 Å². The number of nitrogens with one attached hydrogen (secondary N) is 1. The molecule has 0 amide bonds. The molecule has 1 atom stereocenters. The molecule has 2 aromatic rings. The molecular formula is C15H21N5. The summed E-state index contributed by atoms with van der Waals surface area (Å²) in [6.07, 6.45) is 7.04. The van der Waals surface area contributed by atoms with Gasteiger partial charge in [-0.15, -0.1) is 0 Å². The zero-order chi connectivity index (χ0) is 13.8. The smallest absolute Gasteiger partial charge is 0.180 e. The lowest BCUT2D eigenvalue weighted by Crippen LogP contribution is -2.46. The van der Waals surface area contributed by atoms with Gasteiger partial charge in [0.25, 0.3) is 0 Å². The Balaban J connectivity index is 1.76. The van der Waals surface area contributed by atoms with Crippen LogP contribution >= 0.6 is 0 Å². The zero-order valence-electron chi connectivity index (χ0n) is 11.9. The molecule has 0 bridgehead atoms. The van der Waals surface area contributed by atoms with Crippen LogP contribution in [0.3, 0.4) is 0 Å². The molecule has 0 saturated carbocycles. The van der Waals surface area contributed by atoms with Gasteiger partial charge in [0.15, 0.2) is 5.65 Å². The first kappa shape index (κ1) is 13.2. The van der Waals surface area contributed by atoms with Crippen molar-refractivity contribution in [3.63, 3.8) is 0 Å². The number of hydrogen-bond donors (Lipinski definition) is 1. The van der Waals surface area contributed by atoms with Gasteiger partial charge in [0.2, 0.25) is 0 Å². The van der Waals surface area contributed by atoms with E-state index in [9.17, 15) is 0 Å². The van der Waals surface area contributed by atoms with Crippen LogP contribution in [-0.4, -0.2) is 40.6 Å². The zero-order valence-corrected chi connectivity index (χ0v) is 11.9. The van der Waals surface area contributed by atoms with Crippen LogP contribution in [0, 0.1) is 0 Å². The Hall–Kier alpha value is -1.75. The van der Waals surface area contributed by atoms with E-state index in [0.717, 1.165) is 36.6 Å². The molecule has 2 aromatic heterocycles. The highest BCUT2D eigenvalue weighted by Gasteiger charge is 2.20. The van der Waals surface area contributed by atoms with E-state index in [-0.39, 0.29) is 0 Å². The molecule has 1 saturated heterocycles. The molecule has 3 rings (SSSR count). The first-order valence-electron chi connectivity index (χ1n) is 7.43. The number of piperidine rings is 1. The van der Waals surface area contributed by atoms with Gasteiger partial charge < -0.3 is 10.2 Å². The van der Waals surface area contributed by atoms with Crippen LogP contribution in [0.15, 0.2) is 24.5 Å². The predicted molar refractivity (Wildman–Crippen MR) is 80.9 cm³/mol. The maximum atomic E-state index is 4.64. The summed E-state index contributed by atoms with van der Waals surface area (Å²) in [7, 11) is 0. The van der Waals surface area contributed by atoms with E-state index in [2.05, 4.69) is 38.2 Å². The lowest BCUT2D eigenvalue weighted by Gasteiger charge is -2.34. The second kappa shape index (κ2) is 6.13. The molecule has 1 aliphatic rings. The highest BCUT2D eigenvalue weighted by molar-refractivity contribution is 5.71. The van der Waals surface area contributed by atoms with Gasteiger partial charge in [-0.1, -0.05) is 6.92 Å². The van der Waals surface area contributed by atoms with E-state index < -0.39 is 0 Å². The summed E-state index contributed by atoms with van der Waals surface area (Å²) >= 11 is 0. The number of rotatable bonds is 4. The Morgan fingerprint density at radius 2 is 2.20 bits per heavy atom. The van der Waals surface area contributed by atoms with Crippen LogP contribution in [0.5, 0.6) is 0 Å². The topological polar surface area (TPSA) is 53.9 Å². The maximum Gasteiger partial charge on any atom is 0.180 e. The predicted octanol–water partition coefficient (Wildman–Crippen LogP) is 1.99. The van der Waals surface area contributed by atoms with Crippen molar-refractivity contribution in [3.8, 4) is 0 Å². The van der Waals surface area contributed by atoms with Gasteiger partial charge in [0.05, 0.1) is 0 Å². The third-order valence-corrected chi connectivity index (χ3v) is 3.75. The molecule has 5 heteroatoms. The molecule has 0 spiro atoms. The summed E-state index contributed by atoms with van der Waals surface area (Å²) in [6.45, 7) is 5.40. The van der Waals surface area contributed by atoms with Crippen molar-refractivity contribution in [2.24, 2.45) is 0 Å². The molecule has 106 valence electrons. The van der Waals surface area contributed by atoms with Crippen molar-refractivity contribution < 1.29 is 0 Å². The van der Waals surface area contributed by atoms with E-state index in [1.807, 2.05) is 6.07 Å². The molecule has 1 N–H and O–H groups in total. The highest BCUT2D eigenvalue weighted by atomic mass is 15.2. The average Bonchev–Trinajstić information content (AvgIpc) is 2.53. The fourth-order valence-corrected chi connectivity index (χ4v) is 2.72. The number of fused-ring (bicyclic) bond motifs is 1. The first-order valence-corrected chi connectivity index (χ1v) is 7.43. The van der Waals surface area contributed by atoms with E-state index in [1.165, 1.54) is 19.3 Å². The standard InChI is InChI=1S/C15H21N5/c1-2-7-16-12-4-3-10-20(11-12)14-6-5-13-15(19-14)18-9-8-17-13/h5-6,8-9,12,16H,2-4,7,10-11H2,1H3. The molecule has 0 aromatic carbocycles. The van der Waals surface area contributed by atoms with Crippen LogP contribution in [-0.2, 0) is 0 Å². The van der Waals surface area contributed by atoms with E-state index in [1.54, 1.807) is 12.4 Å². The van der Waals surface area contributed by atoms with Gasteiger partial charge >= 0.3 is 0 Å². The van der Waals surface area contributed by atoms with Crippen molar-refractivity contribution in [3.05, 3.63) is 24.5 Å². The summed E-state index contributed by atoms with van der Waals surface area (Å²) in [5.74, 6) is 1.01. The molecule has 20 heavy (non-hydrogen) atoms. The van der Waals surface area contributed by atoms with Crippen LogP contribution in [0.1, 0.15) is 26.2 Å². The number of pyridine rings is 1. The summed E-state index contributed by atoms with van der Waals surface area (Å²) in [6, 6.07) is 4.63. The number of anilines is 1. The quantitative estimate of drug-likeness (QED) is 0.921. The summed E-state index contributed by atoms with van der Waals surface area (Å²) in [4.78, 5) is 15.5. The van der Waals surface area contributed by atoms with E-state index in [4.69, 9.17) is 0 Å². The van der Waals surface area contributed by atoms with Crippen LogP contribution < -0.4 is 10.2 Å². The average molecular weight is 271 g/mol. The molecule has 1 aliphatic heterocycles. The monoisotopic (exact) mass is 271 g/mol. The molecular weight excluding hydrogens is 250 g/mol. The fourth-order valence-electron chi connectivity index (χ4n) is 2.72. The Morgan fingerprint density at radius 1 is 1.30 bits per heavy atom. The van der Waals surface area contributed by atoms with Gasteiger partial charge in [-0.25, -0.2) is 9.97 Å². The SMILES string of the molecule is CCCNC1CCCN(c2ccc3nccnc3n2)C1. The Bertz CT molecular complexity index is 571. The largest absolute Gasteiger partial charge is 0.355 e. The lowest BCUT2D eigenvalue weighted by molar-refractivity contribution is 0.422. The normalized spacial score (nSPS) is 19.4. The molecule has 1 fully saturated rings. The van der Waals surface area contributed by atoms with Gasteiger partial charge in [0.1, 0.15) is 11.3 Å². The maximum absolute atomic E-state index is 4.64. The van der Waals surface area contributed by atoms with E-state index >= 15 is 0 Å². The number of hydrogen-bond acceptors (Lipinski definition) is 5. The molecule has 3 heterocycles. The Labute approximate surface area is 119 Å². The third-order valence-electron chi connectivity index (χ3n) is 3.75. The molecule has 1 unspecified atom stereocenters.